The van der Waals surface area contributed by atoms with E-state index in [0.717, 1.165) is 18.4 Å². The number of ketones is 1. The molecule has 134 valence electrons. The van der Waals surface area contributed by atoms with Crippen molar-refractivity contribution in [3.63, 3.8) is 0 Å². The van der Waals surface area contributed by atoms with E-state index in [2.05, 4.69) is 13.5 Å². The molecule has 0 saturated heterocycles. The molecule has 0 N–H and O–H groups in total. The lowest BCUT2D eigenvalue weighted by Crippen LogP contribution is -2.41. The molecule has 2 aliphatic rings. The summed E-state index contributed by atoms with van der Waals surface area (Å²) in [5.41, 5.74) is 0.649. The number of carbonyl (C=O) groups is 2. The molecule has 0 aromatic rings. The van der Waals surface area contributed by atoms with Gasteiger partial charge in [-0.15, -0.1) is 0 Å². The molecule has 2 saturated carbocycles. The maximum Gasteiger partial charge on any atom is 0.331 e. The molecule has 0 heterocycles. The quantitative estimate of drug-likeness (QED) is 0.413. The summed E-state index contributed by atoms with van der Waals surface area (Å²) >= 11 is 0. The van der Waals surface area contributed by atoms with Crippen LogP contribution in [0, 0.1) is 17.3 Å². The number of hydrogen-bond donors (Lipinski definition) is 0. The van der Waals surface area contributed by atoms with Gasteiger partial charge in [0.05, 0.1) is 0 Å². The van der Waals surface area contributed by atoms with Crippen molar-refractivity contribution in [2.45, 2.75) is 78.2 Å². The van der Waals surface area contributed by atoms with Crippen LogP contribution in [0.5, 0.6) is 0 Å². The van der Waals surface area contributed by atoms with Gasteiger partial charge in [0.2, 0.25) is 0 Å². The fourth-order valence-electron chi connectivity index (χ4n) is 4.27. The van der Waals surface area contributed by atoms with Gasteiger partial charge in [0.25, 0.3) is 0 Å². The molecule has 3 heteroatoms. The number of ether oxygens (including phenoxy) is 1. The molecule has 0 aromatic heterocycles. The topological polar surface area (TPSA) is 43.4 Å². The summed E-state index contributed by atoms with van der Waals surface area (Å²) < 4.78 is 5.25. The molecule has 0 spiro atoms. The molecule has 2 fully saturated rings. The van der Waals surface area contributed by atoms with E-state index in [1.165, 1.54) is 31.8 Å². The van der Waals surface area contributed by atoms with Crippen LogP contribution in [0.4, 0.5) is 0 Å². The number of hydrogen-bond acceptors (Lipinski definition) is 3. The molecular weight excluding hydrogens is 300 g/mol. The molecule has 3 nitrogen and oxygen atoms in total. The predicted octanol–water partition coefficient (Wildman–Crippen LogP) is 5.01. The zero-order valence-electron chi connectivity index (χ0n) is 15.7. The maximum atomic E-state index is 12.5. The van der Waals surface area contributed by atoms with Gasteiger partial charge in [0.1, 0.15) is 11.4 Å². The molecule has 0 radical (unpaired) electrons. The van der Waals surface area contributed by atoms with Crippen molar-refractivity contribution in [2.24, 2.45) is 17.3 Å². The second-order valence-corrected chi connectivity index (χ2v) is 8.90. The summed E-state index contributed by atoms with van der Waals surface area (Å²) in [5, 5.41) is 0. The van der Waals surface area contributed by atoms with Gasteiger partial charge in [0.15, 0.2) is 0 Å². The monoisotopic (exact) mass is 332 g/mol. The van der Waals surface area contributed by atoms with Gasteiger partial charge >= 0.3 is 5.97 Å². The normalized spacial score (nSPS) is 30.9. The van der Waals surface area contributed by atoms with Gasteiger partial charge in [-0.2, -0.15) is 0 Å². The second kappa shape index (κ2) is 7.25. The first-order valence-corrected chi connectivity index (χ1v) is 9.21. The highest BCUT2D eigenvalue weighted by Gasteiger charge is 2.44. The Morgan fingerprint density at radius 3 is 2.71 bits per heavy atom. The number of fused-ring (bicyclic) bond motifs is 1. The lowest BCUT2D eigenvalue weighted by atomic mass is 9.57. The predicted molar refractivity (Wildman–Crippen MR) is 96.5 cm³/mol. The number of Topliss-reactive ketones (excluding diaryl/α,β-unsaturated/α-hetero) is 1. The van der Waals surface area contributed by atoms with Gasteiger partial charge in [-0.05, 0) is 57.8 Å². The fraction of sp³-hybridized carbons (Fsp3) is 0.714. The Hall–Kier alpha value is -1.38. The van der Waals surface area contributed by atoms with Gasteiger partial charge in [0, 0.05) is 18.4 Å². The lowest BCUT2D eigenvalue weighted by molar-refractivity contribution is -0.148. The van der Waals surface area contributed by atoms with Crippen molar-refractivity contribution >= 4 is 11.8 Å². The molecule has 2 aliphatic carbocycles. The number of carbonyl (C=O) groups excluding carboxylic acids is 2. The van der Waals surface area contributed by atoms with E-state index >= 15 is 0 Å². The first-order valence-electron chi connectivity index (χ1n) is 9.21. The summed E-state index contributed by atoms with van der Waals surface area (Å²) in [5.74, 6) is 0.643. The van der Waals surface area contributed by atoms with Crippen LogP contribution in [-0.4, -0.2) is 17.4 Å². The minimum absolute atomic E-state index is 0.0557. The third-order valence-electron chi connectivity index (χ3n) is 5.52. The minimum Gasteiger partial charge on any atom is -0.457 e. The third-order valence-corrected chi connectivity index (χ3v) is 5.52. The molecule has 0 aliphatic heterocycles. The maximum absolute atomic E-state index is 12.5. The van der Waals surface area contributed by atoms with Crippen molar-refractivity contribution in [2.75, 3.05) is 0 Å². The number of allylic oxidation sites excluding steroid dienone is 2. The van der Waals surface area contributed by atoms with E-state index in [0.29, 0.717) is 23.5 Å². The minimum atomic E-state index is -0.493. The highest BCUT2D eigenvalue weighted by atomic mass is 16.6. The zero-order chi connectivity index (χ0) is 18.0. The van der Waals surface area contributed by atoms with Crippen molar-refractivity contribution in [3.05, 3.63) is 24.3 Å². The van der Waals surface area contributed by atoms with Crippen LogP contribution in [0.1, 0.15) is 72.6 Å². The van der Waals surface area contributed by atoms with Crippen molar-refractivity contribution in [1.29, 1.82) is 0 Å². The van der Waals surface area contributed by atoms with E-state index in [1.54, 1.807) is 6.08 Å². The van der Waals surface area contributed by atoms with Gasteiger partial charge in [-0.1, -0.05) is 38.0 Å². The second-order valence-electron chi connectivity index (χ2n) is 8.90. The van der Waals surface area contributed by atoms with Crippen molar-refractivity contribution in [3.8, 4) is 0 Å². The van der Waals surface area contributed by atoms with Crippen molar-refractivity contribution in [1.82, 2.24) is 0 Å². The third kappa shape index (κ3) is 5.06. The summed E-state index contributed by atoms with van der Waals surface area (Å²) in [6.45, 7) is 11.9. The Morgan fingerprint density at radius 1 is 1.33 bits per heavy atom. The van der Waals surface area contributed by atoms with E-state index in [9.17, 15) is 9.59 Å². The van der Waals surface area contributed by atoms with Crippen molar-refractivity contribution < 1.29 is 14.3 Å². The highest BCUT2D eigenvalue weighted by molar-refractivity contribution is 5.84. The summed E-state index contributed by atoms with van der Waals surface area (Å²) in [6.07, 6.45) is 10.5. The SMILES string of the molecule is C=C(/C=C/C(=O)OC(C)(C)C)CC1C[C@@]2(C)CCCC[C@@H]2CC1=O. The van der Waals surface area contributed by atoms with Crippen LogP contribution < -0.4 is 0 Å². The Labute approximate surface area is 146 Å². The molecule has 3 atom stereocenters. The Bertz CT molecular complexity index is 538. The Balaban J connectivity index is 1.91. The van der Waals surface area contributed by atoms with E-state index < -0.39 is 5.60 Å². The molecule has 1 unspecified atom stereocenters. The van der Waals surface area contributed by atoms with E-state index in [1.807, 2.05) is 20.8 Å². The standard InChI is InChI=1S/C21H32O3/c1-15(9-10-19(23)24-20(2,3)4)12-16-14-21(5)11-7-6-8-17(21)13-18(16)22/h9-10,16-17H,1,6-8,11-14H2,2-5H3/b10-9+/t16?,17-,21-/m1/s1. The summed E-state index contributed by atoms with van der Waals surface area (Å²) in [4.78, 5) is 24.2. The van der Waals surface area contributed by atoms with Gasteiger partial charge in [-0.25, -0.2) is 4.79 Å². The van der Waals surface area contributed by atoms with E-state index in [4.69, 9.17) is 4.74 Å². The van der Waals surface area contributed by atoms with Crippen LogP contribution >= 0.6 is 0 Å². The van der Waals surface area contributed by atoms with Crippen LogP contribution in [0.15, 0.2) is 24.3 Å². The van der Waals surface area contributed by atoms with Gasteiger partial charge < -0.3 is 4.74 Å². The first-order chi connectivity index (χ1) is 11.1. The molecule has 2 rings (SSSR count). The Kier molecular flexibility index (Phi) is 5.72. The molecule has 0 bridgehead atoms. The lowest BCUT2D eigenvalue weighted by Gasteiger charge is -2.47. The zero-order valence-corrected chi connectivity index (χ0v) is 15.7. The fourth-order valence-corrected chi connectivity index (χ4v) is 4.27. The van der Waals surface area contributed by atoms with Crippen LogP contribution in [0.2, 0.25) is 0 Å². The van der Waals surface area contributed by atoms with Gasteiger partial charge in [-0.3, -0.25) is 4.79 Å². The molecule has 0 amide bonds. The van der Waals surface area contributed by atoms with E-state index in [-0.39, 0.29) is 11.9 Å². The molecule has 24 heavy (non-hydrogen) atoms. The summed E-state index contributed by atoms with van der Waals surface area (Å²) in [7, 11) is 0. The largest absolute Gasteiger partial charge is 0.457 e. The smallest absolute Gasteiger partial charge is 0.331 e. The van der Waals surface area contributed by atoms with Crippen LogP contribution in [-0.2, 0) is 14.3 Å². The number of esters is 1. The van der Waals surface area contributed by atoms with Crippen LogP contribution in [0.25, 0.3) is 0 Å². The number of rotatable bonds is 4. The average molecular weight is 332 g/mol. The Morgan fingerprint density at radius 2 is 2.04 bits per heavy atom. The highest BCUT2D eigenvalue weighted by Crippen LogP contribution is 2.51. The summed E-state index contributed by atoms with van der Waals surface area (Å²) in [6, 6.07) is 0. The van der Waals surface area contributed by atoms with Crippen LogP contribution in [0.3, 0.4) is 0 Å². The molecular formula is C21H32O3. The first kappa shape index (κ1) is 19.0. The molecule has 0 aromatic carbocycles. The average Bonchev–Trinajstić information content (AvgIpc) is 2.44.